The van der Waals surface area contributed by atoms with E-state index in [2.05, 4.69) is 0 Å². The van der Waals surface area contributed by atoms with Crippen molar-refractivity contribution in [1.82, 2.24) is 9.88 Å². The molecule has 1 saturated heterocycles. The Labute approximate surface area is 115 Å². The van der Waals surface area contributed by atoms with Crippen LogP contribution < -0.4 is 10.2 Å². The Hall–Kier alpha value is -1.50. The monoisotopic (exact) mass is 290 g/mol. The number of amides is 1. The summed E-state index contributed by atoms with van der Waals surface area (Å²) in [6.07, 6.45) is -0.472. The Balaban J connectivity index is 1.92. The second kappa shape index (κ2) is 5.87. The number of nitrogens with one attached hydrogen (secondary N) is 2. The number of nitrogens with zero attached hydrogens (tertiary/aromatic N) is 1. The van der Waals surface area contributed by atoms with Crippen LogP contribution in [0.4, 0.5) is 13.2 Å². The molecule has 1 aliphatic heterocycles. The van der Waals surface area contributed by atoms with Gasteiger partial charge in [-0.05, 0) is 12.1 Å². The molecule has 4 nitrogen and oxygen atoms in total. The van der Waals surface area contributed by atoms with Gasteiger partial charge in [0, 0.05) is 26.1 Å². The molecule has 1 aliphatic rings. The molecule has 0 aliphatic carbocycles. The Kier molecular flexibility index (Phi) is 4.37. The second-order valence-electron chi connectivity index (χ2n) is 5.22. The third-order valence-corrected chi connectivity index (χ3v) is 3.70. The van der Waals surface area contributed by atoms with Crippen molar-refractivity contribution in [3.63, 3.8) is 0 Å². The molecule has 112 valence electrons. The maximum Gasteiger partial charge on any atom is 0.405 e. The molecule has 2 N–H and O–H groups in total. The molecule has 0 aromatic carbocycles. The number of hydrogen-bond acceptors (Lipinski definition) is 1. The molecule has 0 bridgehead atoms. The number of aryl methyl sites for hydroxylation is 1. The van der Waals surface area contributed by atoms with Gasteiger partial charge in [0.25, 0.3) is 5.91 Å². The lowest BCUT2D eigenvalue weighted by molar-refractivity contribution is -0.911. The van der Waals surface area contributed by atoms with Crippen molar-refractivity contribution in [2.75, 3.05) is 19.6 Å². The summed E-state index contributed by atoms with van der Waals surface area (Å²) in [7, 11) is 1.94. The summed E-state index contributed by atoms with van der Waals surface area (Å²) in [5.41, 5.74) is 1.13. The van der Waals surface area contributed by atoms with Gasteiger partial charge in [-0.2, -0.15) is 13.2 Å². The van der Waals surface area contributed by atoms with Gasteiger partial charge in [0.1, 0.15) is 12.6 Å². The average molecular weight is 290 g/mol. The molecule has 0 saturated carbocycles. The fourth-order valence-electron chi connectivity index (χ4n) is 2.78. The minimum absolute atomic E-state index is 0.0892. The largest absolute Gasteiger partial charge is 0.405 e. The molecule has 1 aromatic rings. The van der Waals surface area contributed by atoms with E-state index in [0.29, 0.717) is 0 Å². The van der Waals surface area contributed by atoms with Crippen LogP contribution >= 0.6 is 0 Å². The van der Waals surface area contributed by atoms with Crippen LogP contribution in [0.3, 0.4) is 0 Å². The number of rotatable bonds is 4. The standard InChI is InChI=1S/C13H18F3N3O/c1-18-6-2-4-10(18)11-5-3-7-19(11)8-12(20)17-9-13(14,15)16/h2,4,6,11H,3,5,7-9H2,1H3,(H,17,20)/p+1/t11-/m0/s1. The van der Waals surface area contributed by atoms with Gasteiger partial charge >= 0.3 is 6.18 Å². The summed E-state index contributed by atoms with van der Waals surface area (Å²) in [4.78, 5) is 12.6. The Morgan fingerprint density at radius 1 is 1.55 bits per heavy atom. The van der Waals surface area contributed by atoms with Crippen LogP contribution in [0.5, 0.6) is 0 Å². The highest BCUT2D eigenvalue weighted by Gasteiger charge is 2.34. The average Bonchev–Trinajstić information content (AvgIpc) is 2.94. The number of aromatic nitrogens is 1. The molecule has 2 heterocycles. The van der Waals surface area contributed by atoms with Gasteiger partial charge in [-0.1, -0.05) is 0 Å². The Morgan fingerprint density at radius 2 is 2.30 bits per heavy atom. The number of hydrogen-bond donors (Lipinski definition) is 2. The first-order chi connectivity index (χ1) is 9.37. The topological polar surface area (TPSA) is 38.5 Å². The minimum Gasteiger partial charge on any atom is -0.350 e. The fourth-order valence-corrected chi connectivity index (χ4v) is 2.78. The molecule has 1 amide bonds. The zero-order valence-corrected chi connectivity index (χ0v) is 11.3. The first-order valence-corrected chi connectivity index (χ1v) is 6.66. The van der Waals surface area contributed by atoms with Crippen molar-refractivity contribution in [2.24, 2.45) is 7.05 Å². The van der Waals surface area contributed by atoms with Gasteiger partial charge < -0.3 is 14.8 Å². The highest BCUT2D eigenvalue weighted by molar-refractivity contribution is 5.76. The molecule has 1 fully saturated rings. The lowest BCUT2D eigenvalue weighted by atomic mass is 10.1. The van der Waals surface area contributed by atoms with Crippen LogP contribution in [0.25, 0.3) is 0 Å². The van der Waals surface area contributed by atoms with E-state index >= 15 is 0 Å². The van der Waals surface area contributed by atoms with Crippen molar-refractivity contribution in [3.05, 3.63) is 24.0 Å². The molecule has 0 spiro atoms. The summed E-state index contributed by atoms with van der Waals surface area (Å²) < 4.78 is 38.2. The third-order valence-electron chi connectivity index (χ3n) is 3.70. The summed E-state index contributed by atoms with van der Waals surface area (Å²) in [5, 5.41) is 1.94. The van der Waals surface area contributed by atoms with Crippen LogP contribution in [-0.4, -0.2) is 36.3 Å². The zero-order chi connectivity index (χ0) is 14.8. The van der Waals surface area contributed by atoms with Gasteiger partial charge in [0.05, 0.1) is 12.2 Å². The summed E-state index contributed by atoms with van der Waals surface area (Å²) in [6, 6.07) is 4.13. The fraction of sp³-hybridized carbons (Fsp3) is 0.615. The van der Waals surface area contributed by atoms with Crippen LogP contribution in [0.2, 0.25) is 0 Å². The quantitative estimate of drug-likeness (QED) is 0.829. The van der Waals surface area contributed by atoms with Gasteiger partial charge in [-0.25, -0.2) is 0 Å². The molecule has 1 unspecified atom stereocenters. The lowest BCUT2D eigenvalue weighted by Gasteiger charge is -2.21. The first kappa shape index (κ1) is 14.9. The predicted molar refractivity (Wildman–Crippen MR) is 67.1 cm³/mol. The normalized spacial score (nSPS) is 23.0. The van der Waals surface area contributed by atoms with Crippen LogP contribution in [-0.2, 0) is 11.8 Å². The van der Waals surface area contributed by atoms with Crippen molar-refractivity contribution < 1.29 is 22.9 Å². The van der Waals surface area contributed by atoms with E-state index in [0.717, 1.165) is 30.0 Å². The summed E-state index contributed by atoms with van der Waals surface area (Å²) in [5.74, 6) is -0.543. The van der Waals surface area contributed by atoms with Crippen LogP contribution in [0.15, 0.2) is 18.3 Å². The number of carbonyl (C=O) groups excluding carboxylic acids is 1. The van der Waals surface area contributed by atoms with E-state index < -0.39 is 18.6 Å². The number of likely N-dealkylation sites (tertiary alicyclic amines) is 1. The van der Waals surface area contributed by atoms with E-state index in [1.54, 1.807) is 0 Å². The predicted octanol–water partition coefficient (Wildman–Crippen LogP) is 0.423. The molecule has 2 rings (SSSR count). The van der Waals surface area contributed by atoms with Crippen molar-refractivity contribution in [1.29, 1.82) is 0 Å². The maximum atomic E-state index is 12.1. The highest BCUT2D eigenvalue weighted by atomic mass is 19.4. The van der Waals surface area contributed by atoms with Gasteiger partial charge in [0.2, 0.25) is 0 Å². The summed E-state index contributed by atoms with van der Waals surface area (Å²) >= 11 is 0. The Bertz CT molecular complexity index is 470. The number of alkyl halides is 3. The lowest BCUT2D eigenvalue weighted by Crippen LogP contribution is -3.11. The molecular formula is C13H19F3N3O+. The Morgan fingerprint density at radius 3 is 2.90 bits per heavy atom. The van der Waals surface area contributed by atoms with E-state index in [1.165, 1.54) is 0 Å². The van der Waals surface area contributed by atoms with E-state index in [9.17, 15) is 18.0 Å². The van der Waals surface area contributed by atoms with Crippen molar-refractivity contribution >= 4 is 5.91 Å². The van der Waals surface area contributed by atoms with Gasteiger partial charge in [-0.3, -0.25) is 4.79 Å². The molecule has 0 radical (unpaired) electrons. The number of quaternary nitrogens is 1. The van der Waals surface area contributed by atoms with Gasteiger partial charge in [-0.15, -0.1) is 0 Å². The van der Waals surface area contributed by atoms with Crippen LogP contribution in [0, 0.1) is 0 Å². The smallest absolute Gasteiger partial charge is 0.350 e. The zero-order valence-electron chi connectivity index (χ0n) is 11.3. The van der Waals surface area contributed by atoms with E-state index in [4.69, 9.17) is 0 Å². The maximum absolute atomic E-state index is 12.1. The molecule has 20 heavy (non-hydrogen) atoms. The highest BCUT2D eigenvalue weighted by Crippen LogP contribution is 2.18. The molecule has 2 atom stereocenters. The summed E-state index contributed by atoms with van der Waals surface area (Å²) in [6.45, 7) is -0.352. The molecule has 1 aromatic heterocycles. The van der Waals surface area contributed by atoms with E-state index in [-0.39, 0.29) is 12.6 Å². The van der Waals surface area contributed by atoms with Crippen molar-refractivity contribution in [3.8, 4) is 0 Å². The van der Waals surface area contributed by atoms with E-state index in [1.807, 2.05) is 35.3 Å². The van der Waals surface area contributed by atoms with Crippen LogP contribution in [0.1, 0.15) is 24.6 Å². The first-order valence-electron chi connectivity index (χ1n) is 6.66. The molecule has 7 heteroatoms. The number of carbonyl (C=O) groups is 1. The minimum atomic E-state index is -4.35. The van der Waals surface area contributed by atoms with Gasteiger partial charge in [0.15, 0.2) is 6.54 Å². The second-order valence-corrected chi connectivity index (χ2v) is 5.22. The molecular weight excluding hydrogens is 271 g/mol. The SMILES string of the molecule is Cn1cccc1[C@@H]1CCC[NH+]1CC(=O)NCC(F)(F)F. The number of halogens is 3. The van der Waals surface area contributed by atoms with Crippen molar-refractivity contribution in [2.45, 2.75) is 25.1 Å². The third kappa shape index (κ3) is 3.75.